The zero-order chi connectivity index (χ0) is 16.1. The fourth-order valence-electron chi connectivity index (χ4n) is 2.53. The van der Waals surface area contributed by atoms with Crippen LogP contribution < -0.4 is 5.73 Å². The third-order valence-corrected chi connectivity index (χ3v) is 5.48. The molecule has 2 rings (SSSR count). The maximum Gasteiger partial charge on any atom is 0.232 e. The van der Waals surface area contributed by atoms with Crippen molar-refractivity contribution in [1.82, 2.24) is 4.90 Å². The molecular formula is C16H21ClN2O2S. The molecule has 1 fully saturated rings. The van der Waals surface area contributed by atoms with Crippen LogP contribution in [0.15, 0.2) is 24.3 Å². The van der Waals surface area contributed by atoms with E-state index in [-0.39, 0.29) is 23.0 Å². The van der Waals surface area contributed by atoms with Crippen molar-refractivity contribution >= 4 is 35.2 Å². The summed E-state index contributed by atoms with van der Waals surface area (Å²) in [4.78, 5) is 25.2. The van der Waals surface area contributed by atoms with Crippen LogP contribution in [0.25, 0.3) is 0 Å². The van der Waals surface area contributed by atoms with Gasteiger partial charge in [-0.1, -0.05) is 23.7 Å². The molecule has 0 radical (unpaired) electrons. The summed E-state index contributed by atoms with van der Waals surface area (Å²) in [6.45, 7) is 3.34. The van der Waals surface area contributed by atoms with Gasteiger partial charge in [-0.25, -0.2) is 0 Å². The van der Waals surface area contributed by atoms with Gasteiger partial charge in [0.25, 0.3) is 0 Å². The molecule has 0 aromatic heterocycles. The van der Waals surface area contributed by atoms with Gasteiger partial charge < -0.3 is 10.6 Å². The number of nitrogens with two attached hydrogens (primary N) is 1. The first kappa shape index (κ1) is 17.2. The van der Waals surface area contributed by atoms with Gasteiger partial charge in [-0.2, -0.15) is 0 Å². The van der Waals surface area contributed by atoms with Gasteiger partial charge in [-0.05, 0) is 37.5 Å². The Hall–Kier alpha value is -1.20. The van der Waals surface area contributed by atoms with E-state index in [1.807, 2.05) is 29.2 Å². The number of hydrogen-bond acceptors (Lipinski definition) is 3. The fourth-order valence-corrected chi connectivity index (χ4v) is 3.58. The standard InChI is InChI=1S/C16H21ClN2O2S/c1-11(12-2-4-14(17)5-3-12)22-10-15(20)19-8-6-13(7-9-19)16(18)21/h2-5,11,13H,6-10H2,1H3,(H2,18,21)/t11-/m0/s1. The van der Waals surface area contributed by atoms with Crippen LogP contribution in [0.5, 0.6) is 0 Å². The van der Waals surface area contributed by atoms with Gasteiger partial charge in [0, 0.05) is 29.3 Å². The number of benzene rings is 1. The van der Waals surface area contributed by atoms with Gasteiger partial charge >= 0.3 is 0 Å². The first-order chi connectivity index (χ1) is 10.5. The molecule has 1 aliphatic heterocycles. The van der Waals surface area contributed by atoms with Crippen LogP contribution in [0.2, 0.25) is 5.02 Å². The number of carbonyl (C=O) groups excluding carboxylic acids is 2. The van der Waals surface area contributed by atoms with Crippen molar-refractivity contribution in [1.29, 1.82) is 0 Å². The summed E-state index contributed by atoms with van der Waals surface area (Å²) in [7, 11) is 0. The molecule has 2 N–H and O–H groups in total. The van der Waals surface area contributed by atoms with Crippen LogP contribution in [0.4, 0.5) is 0 Å². The smallest absolute Gasteiger partial charge is 0.232 e. The lowest BCUT2D eigenvalue weighted by Crippen LogP contribution is -2.42. The Kier molecular flexibility index (Phi) is 6.15. The van der Waals surface area contributed by atoms with Gasteiger partial charge in [0.1, 0.15) is 0 Å². The zero-order valence-corrected chi connectivity index (χ0v) is 14.2. The van der Waals surface area contributed by atoms with Crippen molar-refractivity contribution in [2.45, 2.75) is 25.0 Å². The first-order valence-corrected chi connectivity index (χ1v) is 8.84. The van der Waals surface area contributed by atoms with Gasteiger partial charge in [-0.3, -0.25) is 9.59 Å². The Labute approximate surface area is 140 Å². The quantitative estimate of drug-likeness (QED) is 0.896. The molecule has 1 heterocycles. The predicted octanol–water partition coefficient (Wildman–Crippen LogP) is 2.86. The van der Waals surface area contributed by atoms with E-state index in [0.717, 1.165) is 5.56 Å². The van der Waals surface area contributed by atoms with E-state index in [9.17, 15) is 9.59 Å². The summed E-state index contributed by atoms with van der Waals surface area (Å²) >= 11 is 7.50. The minimum atomic E-state index is -0.252. The average Bonchev–Trinajstić information content (AvgIpc) is 2.53. The van der Waals surface area contributed by atoms with Crippen molar-refractivity contribution in [2.75, 3.05) is 18.8 Å². The molecule has 22 heavy (non-hydrogen) atoms. The van der Waals surface area contributed by atoms with Gasteiger partial charge in [0.05, 0.1) is 5.75 Å². The molecule has 0 unspecified atom stereocenters. The topological polar surface area (TPSA) is 63.4 Å². The highest BCUT2D eigenvalue weighted by atomic mass is 35.5. The normalized spacial score (nSPS) is 17.3. The third-order valence-electron chi connectivity index (χ3n) is 4.05. The van der Waals surface area contributed by atoms with Crippen LogP contribution in [0.3, 0.4) is 0 Å². The van der Waals surface area contributed by atoms with Crippen LogP contribution >= 0.6 is 23.4 Å². The molecule has 1 saturated heterocycles. The summed E-state index contributed by atoms with van der Waals surface area (Å²) in [5.41, 5.74) is 6.47. The van der Waals surface area contributed by atoms with E-state index in [0.29, 0.717) is 36.7 Å². The van der Waals surface area contributed by atoms with Crippen LogP contribution in [-0.4, -0.2) is 35.6 Å². The molecule has 1 aliphatic rings. The van der Waals surface area contributed by atoms with Gasteiger partial charge in [0.2, 0.25) is 11.8 Å². The number of primary amides is 1. The second-order valence-electron chi connectivity index (χ2n) is 5.56. The van der Waals surface area contributed by atoms with Gasteiger partial charge in [-0.15, -0.1) is 11.8 Å². The molecule has 1 aromatic carbocycles. The largest absolute Gasteiger partial charge is 0.369 e. The van der Waals surface area contributed by atoms with Crippen molar-refractivity contribution in [3.8, 4) is 0 Å². The van der Waals surface area contributed by atoms with Crippen molar-refractivity contribution in [3.05, 3.63) is 34.9 Å². The molecule has 0 saturated carbocycles. The lowest BCUT2D eigenvalue weighted by molar-refractivity contribution is -0.132. The summed E-state index contributed by atoms with van der Waals surface area (Å²) in [6, 6.07) is 7.71. The van der Waals surface area contributed by atoms with Crippen LogP contribution in [-0.2, 0) is 9.59 Å². The molecule has 0 spiro atoms. The molecule has 4 nitrogen and oxygen atoms in total. The second-order valence-corrected chi connectivity index (χ2v) is 7.33. The zero-order valence-electron chi connectivity index (χ0n) is 12.6. The Balaban J connectivity index is 1.78. The third kappa shape index (κ3) is 4.65. The number of likely N-dealkylation sites (tertiary alicyclic amines) is 1. The SMILES string of the molecule is C[C@H](SCC(=O)N1CCC(C(N)=O)CC1)c1ccc(Cl)cc1. The number of thioether (sulfide) groups is 1. The van der Waals surface area contributed by atoms with Gasteiger partial charge in [0.15, 0.2) is 0 Å². The van der Waals surface area contributed by atoms with Crippen molar-refractivity contribution in [3.63, 3.8) is 0 Å². The minimum Gasteiger partial charge on any atom is -0.369 e. The summed E-state index contributed by atoms with van der Waals surface area (Å²) in [6.07, 6.45) is 1.36. The Bertz CT molecular complexity index is 527. The number of hydrogen-bond donors (Lipinski definition) is 1. The highest BCUT2D eigenvalue weighted by Gasteiger charge is 2.25. The number of piperidine rings is 1. The number of halogens is 1. The van der Waals surface area contributed by atoms with E-state index in [2.05, 4.69) is 6.92 Å². The van der Waals surface area contributed by atoms with E-state index < -0.39 is 0 Å². The second kappa shape index (κ2) is 7.88. The monoisotopic (exact) mass is 340 g/mol. The van der Waals surface area contributed by atoms with Crippen molar-refractivity contribution < 1.29 is 9.59 Å². The highest BCUT2D eigenvalue weighted by Crippen LogP contribution is 2.29. The number of nitrogens with zero attached hydrogens (tertiary/aromatic N) is 1. The summed E-state index contributed by atoms with van der Waals surface area (Å²) < 4.78 is 0. The molecule has 120 valence electrons. The molecule has 6 heteroatoms. The fraction of sp³-hybridized carbons (Fsp3) is 0.500. The molecule has 1 atom stereocenters. The Morgan fingerprint density at radius 2 is 1.91 bits per heavy atom. The van der Waals surface area contributed by atoms with Crippen LogP contribution in [0.1, 0.15) is 30.6 Å². The Morgan fingerprint density at radius 1 is 1.32 bits per heavy atom. The maximum absolute atomic E-state index is 12.2. The maximum atomic E-state index is 12.2. The number of amides is 2. The summed E-state index contributed by atoms with van der Waals surface area (Å²) in [5, 5.41) is 0.957. The van der Waals surface area contributed by atoms with E-state index >= 15 is 0 Å². The molecule has 0 bridgehead atoms. The minimum absolute atomic E-state index is 0.0790. The number of rotatable bonds is 5. The highest BCUT2D eigenvalue weighted by molar-refractivity contribution is 8.00. The molecule has 0 aliphatic carbocycles. The van der Waals surface area contributed by atoms with E-state index in [1.54, 1.807) is 11.8 Å². The van der Waals surface area contributed by atoms with Crippen LogP contribution in [0, 0.1) is 5.92 Å². The molecular weight excluding hydrogens is 320 g/mol. The summed E-state index contributed by atoms with van der Waals surface area (Å²) in [5.74, 6) is 0.252. The predicted molar refractivity (Wildman–Crippen MR) is 90.8 cm³/mol. The average molecular weight is 341 g/mol. The molecule has 2 amide bonds. The molecule has 1 aromatic rings. The van der Waals surface area contributed by atoms with E-state index in [1.165, 1.54) is 0 Å². The number of carbonyl (C=O) groups is 2. The van der Waals surface area contributed by atoms with E-state index in [4.69, 9.17) is 17.3 Å². The lowest BCUT2D eigenvalue weighted by Gasteiger charge is -2.30. The van der Waals surface area contributed by atoms with Crippen molar-refractivity contribution in [2.24, 2.45) is 11.7 Å². The lowest BCUT2D eigenvalue weighted by atomic mass is 9.96. The first-order valence-electron chi connectivity index (χ1n) is 7.41. The Morgan fingerprint density at radius 3 is 2.45 bits per heavy atom.